The van der Waals surface area contributed by atoms with E-state index in [0.717, 1.165) is 32.7 Å². The number of benzene rings is 1. The molecule has 3 heterocycles. The van der Waals surface area contributed by atoms with Crippen molar-refractivity contribution in [2.75, 3.05) is 37.7 Å². The molecule has 0 unspecified atom stereocenters. The molecule has 8 nitrogen and oxygen atoms in total. The number of hydrogen-bond donors (Lipinski definition) is 3. The van der Waals surface area contributed by atoms with E-state index in [0.29, 0.717) is 0 Å². The molecule has 0 amide bonds. The van der Waals surface area contributed by atoms with Gasteiger partial charge < -0.3 is 20.2 Å². The first kappa shape index (κ1) is 30.8. The Morgan fingerprint density at radius 2 is 1.47 bits per heavy atom. The van der Waals surface area contributed by atoms with E-state index in [1.165, 1.54) is 29.7 Å². The summed E-state index contributed by atoms with van der Waals surface area (Å²) >= 11 is 0. The molecule has 14 heteroatoms. The summed E-state index contributed by atoms with van der Waals surface area (Å²) in [7, 11) is 0. The fraction of sp³-hybridized carbons (Fsp3) is 0.458. The highest BCUT2D eigenvalue weighted by Gasteiger charge is 2.44. The van der Waals surface area contributed by atoms with Crippen LogP contribution < -0.4 is 4.90 Å². The topological polar surface area (TPSA) is 114 Å². The monoisotopic (exact) mass is 551 g/mol. The Hall–Kier alpha value is -3.39. The standard InChI is InChI=1S/C20H25N3O.2C2HF3O2/c24-13-12-23-16-20(18-5-1-2-6-19(18)23)7-10-22(11-8-20)15-17-4-3-9-21-14-17;2*3-2(4,5)1(6)7/h1-6,9,14,24H,7-8,10-13,15-16H2;2*(H,6,7). The maximum Gasteiger partial charge on any atom is 0.490 e. The smallest absolute Gasteiger partial charge is 0.475 e. The first-order chi connectivity index (χ1) is 17.7. The molecule has 1 fully saturated rings. The summed E-state index contributed by atoms with van der Waals surface area (Å²) in [5, 5.41) is 23.6. The van der Waals surface area contributed by atoms with E-state index < -0.39 is 24.3 Å². The zero-order chi connectivity index (χ0) is 28.6. The summed E-state index contributed by atoms with van der Waals surface area (Å²) in [6.07, 6.45) is -3.99. The number of rotatable bonds is 4. The van der Waals surface area contributed by atoms with Gasteiger partial charge in [-0.25, -0.2) is 9.59 Å². The van der Waals surface area contributed by atoms with Gasteiger partial charge in [0.05, 0.1) is 6.61 Å². The van der Waals surface area contributed by atoms with Crippen LogP contribution in [0.15, 0.2) is 48.8 Å². The number of hydrogen-bond acceptors (Lipinski definition) is 6. The predicted octanol–water partition coefficient (Wildman–Crippen LogP) is 3.69. The van der Waals surface area contributed by atoms with Crippen LogP contribution in [-0.4, -0.2) is 82.3 Å². The lowest BCUT2D eigenvalue weighted by molar-refractivity contribution is -0.193. The molecule has 38 heavy (non-hydrogen) atoms. The minimum atomic E-state index is -5.08. The van der Waals surface area contributed by atoms with Crippen molar-refractivity contribution in [2.45, 2.75) is 37.2 Å². The van der Waals surface area contributed by atoms with Crippen molar-refractivity contribution in [2.24, 2.45) is 0 Å². The Kier molecular flexibility index (Phi) is 10.5. The molecule has 0 bridgehead atoms. The van der Waals surface area contributed by atoms with Crippen molar-refractivity contribution in [3.63, 3.8) is 0 Å². The van der Waals surface area contributed by atoms with Crippen molar-refractivity contribution in [1.29, 1.82) is 0 Å². The Balaban J connectivity index is 0.000000301. The van der Waals surface area contributed by atoms with Crippen LogP contribution in [0.25, 0.3) is 0 Å². The molecule has 2 aromatic rings. The third kappa shape index (κ3) is 8.58. The quantitative estimate of drug-likeness (QED) is 0.493. The van der Waals surface area contributed by atoms with Crippen molar-refractivity contribution < 1.29 is 51.3 Å². The number of para-hydroxylation sites is 1. The number of alkyl halides is 6. The second-order valence-corrected chi connectivity index (χ2v) is 8.69. The van der Waals surface area contributed by atoms with Crippen LogP contribution in [0.5, 0.6) is 0 Å². The van der Waals surface area contributed by atoms with Gasteiger partial charge in [0.25, 0.3) is 0 Å². The highest BCUT2D eigenvalue weighted by Crippen LogP contribution is 2.46. The molecule has 2 aliphatic rings. The molecular weight excluding hydrogens is 524 g/mol. The van der Waals surface area contributed by atoms with E-state index in [-0.39, 0.29) is 12.0 Å². The Morgan fingerprint density at radius 1 is 0.921 bits per heavy atom. The number of aliphatic hydroxyl groups is 1. The molecule has 1 saturated heterocycles. The average Bonchev–Trinajstić information content (AvgIpc) is 3.14. The largest absolute Gasteiger partial charge is 0.490 e. The number of aromatic nitrogens is 1. The van der Waals surface area contributed by atoms with Gasteiger partial charge >= 0.3 is 24.3 Å². The number of nitrogens with zero attached hydrogens (tertiary/aromatic N) is 3. The lowest BCUT2D eigenvalue weighted by Gasteiger charge is -2.40. The summed E-state index contributed by atoms with van der Waals surface area (Å²) in [6.45, 7) is 5.24. The number of carbonyl (C=O) groups is 2. The molecule has 0 aliphatic carbocycles. The molecule has 3 N–H and O–H groups in total. The van der Waals surface area contributed by atoms with Crippen molar-refractivity contribution >= 4 is 17.6 Å². The molecule has 4 rings (SSSR count). The number of halogens is 6. The fourth-order valence-corrected chi connectivity index (χ4v) is 4.37. The van der Waals surface area contributed by atoms with E-state index in [1.807, 2.05) is 18.5 Å². The number of aliphatic carboxylic acids is 2. The number of aliphatic hydroxyl groups excluding tert-OH is 1. The molecular formula is C24H27F6N3O5. The summed E-state index contributed by atoms with van der Waals surface area (Å²) < 4.78 is 63.5. The first-order valence-corrected chi connectivity index (χ1v) is 11.4. The highest BCUT2D eigenvalue weighted by atomic mass is 19.4. The lowest BCUT2D eigenvalue weighted by atomic mass is 9.74. The van der Waals surface area contributed by atoms with Gasteiger partial charge in [-0.3, -0.25) is 9.88 Å². The number of piperidine rings is 1. The fourth-order valence-electron chi connectivity index (χ4n) is 4.37. The SMILES string of the molecule is O=C(O)C(F)(F)F.O=C(O)C(F)(F)F.OCCN1CC2(CCN(Cc3cccnc3)CC2)c2ccccc21. The zero-order valence-electron chi connectivity index (χ0n) is 20.0. The molecule has 2 aliphatic heterocycles. The second-order valence-electron chi connectivity index (χ2n) is 8.69. The van der Waals surface area contributed by atoms with Crippen molar-refractivity contribution in [3.05, 3.63) is 59.9 Å². The van der Waals surface area contributed by atoms with Gasteiger partial charge in [-0.15, -0.1) is 0 Å². The van der Waals surface area contributed by atoms with Crippen LogP contribution in [0.4, 0.5) is 32.0 Å². The number of likely N-dealkylation sites (tertiary alicyclic amines) is 1. The number of β-amino-alcohol motifs (C(OH)–C–C–N with tert-alkyl or cyclic N) is 1. The van der Waals surface area contributed by atoms with E-state index in [9.17, 15) is 31.4 Å². The second kappa shape index (κ2) is 12.9. The summed E-state index contributed by atoms with van der Waals surface area (Å²) in [5.74, 6) is -5.51. The van der Waals surface area contributed by atoms with E-state index >= 15 is 0 Å². The number of carboxylic acids is 2. The number of anilines is 1. The highest BCUT2D eigenvalue weighted by molar-refractivity contribution is 5.73. The molecule has 1 aromatic carbocycles. The average molecular weight is 551 g/mol. The van der Waals surface area contributed by atoms with Gasteiger partial charge in [0.15, 0.2) is 0 Å². The van der Waals surface area contributed by atoms with Crippen molar-refractivity contribution in [3.8, 4) is 0 Å². The predicted molar refractivity (Wildman–Crippen MR) is 124 cm³/mol. The molecule has 0 radical (unpaired) electrons. The third-order valence-electron chi connectivity index (χ3n) is 6.11. The first-order valence-electron chi connectivity index (χ1n) is 11.4. The minimum Gasteiger partial charge on any atom is -0.475 e. The maximum atomic E-state index is 10.6. The Labute approximate surface area is 214 Å². The Morgan fingerprint density at radius 3 is 1.95 bits per heavy atom. The van der Waals surface area contributed by atoms with Gasteiger partial charge in [0.2, 0.25) is 0 Å². The minimum absolute atomic E-state index is 0.220. The molecule has 0 saturated carbocycles. The maximum absolute atomic E-state index is 10.6. The van der Waals surface area contributed by atoms with Gasteiger partial charge in [0.1, 0.15) is 0 Å². The summed E-state index contributed by atoms with van der Waals surface area (Å²) in [6, 6.07) is 12.9. The van der Waals surface area contributed by atoms with Crippen LogP contribution in [0.3, 0.4) is 0 Å². The van der Waals surface area contributed by atoms with Crippen LogP contribution in [-0.2, 0) is 21.5 Å². The van der Waals surface area contributed by atoms with Gasteiger partial charge in [0, 0.05) is 43.1 Å². The van der Waals surface area contributed by atoms with Crippen molar-refractivity contribution in [1.82, 2.24) is 9.88 Å². The lowest BCUT2D eigenvalue weighted by Crippen LogP contribution is -2.45. The van der Waals surface area contributed by atoms with Crippen LogP contribution >= 0.6 is 0 Å². The summed E-state index contributed by atoms with van der Waals surface area (Å²) in [4.78, 5) is 26.9. The number of pyridine rings is 1. The summed E-state index contributed by atoms with van der Waals surface area (Å²) in [5.41, 5.74) is 4.37. The molecule has 1 aromatic heterocycles. The molecule has 210 valence electrons. The molecule has 0 atom stereocenters. The van der Waals surface area contributed by atoms with Crippen LogP contribution in [0, 0.1) is 0 Å². The number of fused-ring (bicyclic) bond motifs is 2. The van der Waals surface area contributed by atoms with Crippen LogP contribution in [0.2, 0.25) is 0 Å². The zero-order valence-corrected chi connectivity index (χ0v) is 20.0. The Bertz CT molecular complexity index is 1030. The van der Waals surface area contributed by atoms with Crippen LogP contribution in [0.1, 0.15) is 24.0 Å². The van der Waals surface area contributed by atoms with E-state index in [1.54, 1.807) is 0 Å². The van der Waals surface area contributed by atoms with Gasteiger partial charge in [-0.05, 0) is 49.2 Å². The van der Waals surface area contributed by atoms with Gasteiger partial charge in [-0.1, -0.05) is 24.3 Å². The normalized spacial score (nSPS) is 16.6. The number of carboxylic acid groups (broad SMARTS) is 2. The van der Waals surface area contributed by atoms with Gasteiger partial charge in [-0.2, -0.15) is 26.3 Å². The van der Waals surface area contributed by atoms with E-state index in [2.05, 4.69) is 45.1 Å². The molecule has 1 spiro atoms. The van der Waals surface area contributed by atoms with E-state index in [4.69, 9.17) is 19.8 Å². The third-order valence-corrected chi connectivity index (χ3v) is 6.11.